The quantitative estimate of drug-likeness (QED) is 0.566. The Balaban J connectivity index is 2.50. The summed E-state index contributed by atoms with van der Waals surface area (Å²) >= 11 is 4.37. The first-order valence-corrected chi connectivity index (χ1v) is 6.41. The van der Waals surface area contributed by atoms with Gasteiger partial charge in [-0.3, -0.25) is 4.79 Å². The number of esters is 1. The van der Waals surface area contributed by atoms with Gasteiger partial charge in [0, 0.05) is 6.54 Å². The number of carbonyl (C=O) groups is 1. The lowest BCUT2D eigenvalue weighted by molar-refractivity contribution is -0.142. The minimum atomic E-state index is -0.564. The van der Waals surface area contributed by atoms with Crippen LogP contribution in [0.5, 0.6) is 0 Å². The maximum Gasteiger partial charge on any atom is 0.322 e. The predicted octanol–water partition coefficient (Wildman–Crippen LogP) is 0.983. The smallest absolute Gasteiger partial charge is 0.322 e. The molecule has 1 atom stereocenters. The Labute approximate surface area is 115 Å². The number of rotatable bonds is 4. The van der Waals surface area contributed by atoms with Gasteiger partial charge in [-0.15, -0.1) is 0 Å². The summed E-state index contributed by atoms with van der Waals surface area (Å²) in [6, 6.07) is -0.564. The van der Waals surface area contributed by atoms with Crippen LogP contribution in [0.3, 0.4) is 0 Å². The van der Waals surface area contributed by atoms with Crippen LogP contribution in [0.4, 0.5) is 0 Å². The van der Waals surface area contributed by atoms with E-state index in [1.807, 2.05) is 4.57 Å². The zero-order valence-electron chi connectivity index (χ0n) is 8.11. The Morgan fingerprint density at radius 1 is 1.73 bits per heavy atom. The maximum absolute atomic E-state index is 11.0. The number of hydrogen-bond donors (Lipinski definition) is 1. The summed E-state index contributed by atoms with van der Waals surface area (Å²) in [4.78, 5) is 15.2. The van der Waals surface area contributed by atoms with E-state index in [0.717, 1.165) is 7.40 Å². The van der Waals surface area contributed by atoms with Crippen molar-refractivity contribution in [2.75, 3.05) is 7.11 Å². The van der Waals surface area contributed by atoms with Gasteiger partial charge < -0.3 is 15.0 Å². The Hall–Kier alpha value is 0.100. The van der Waals surface area contributed by atoms with Gasteiger partial charge >= 0.3 is 5.97 Å². The molecule has 0 saturated heterocycles. The highest BCUT2D eigenvalue weighted by atomic mass is 127. The molecule has 1 heterocycles. The summed E-state index contributed by atoms with van der Waals surface area (Å²) < 4.78 is 8.53. The van der Waals surface area contributed by atoms with Gasteiger partial charge in [-0.05, 0) is 51.6 Å². The van der Waals surface area contributed by atoms with Crippen LogP contribution in [0, 0.1) is 7.40 Å². The highest BCUT2D eigenvalue weighted by Crippen LogP contribution is 2.13. The van der Waals surface area contributed by atoms with Crippen LogP contribution in [-0.4, -0.2) is 28.7 Å². The van der Waals surface area contributed by atoms with Crippen molar-refractivity contribution in [2.45, 2.75) is 19.0 Å². The van der Waals surface area contributed by atoms with Crippen molar-refractivity contribution in [1.82, 2.24) is 9.55 Å². The second-order valence-corrected chi connectivity index (χ2v) is 4.98. The normalized spacial score (nSPS) is 12.5. The number of aryl methyl sites for hydroxylation is 1. The first-order chi connectivity index (χ1) is 7.06. The molecule has 5 nitrogen and oxygen atoms in total. The predicted molar refractivity (Wildman–Crippen MR) is 72.3 cm³/mol. The summed E-state index contributed by atoms with van der Waals surface area (Å²) in [5.74, 6) is -0.375. The third kappa shape index (κ3) is 3.55. The van der Waals surface area contributed by atoms with Crippen molar-refractivity contribution in [3.63, 3.8) is 0 Å². The number of hydrogen-bond acceptors (Lipinski definition) is 4. The maximum atomic E-state index is 11.0. The molecule has 15 heavy (non-hydrogen) atoms. The Morgan fingerprint density at radius 3 is 2.87 bits per heavy atom. The highest BCUT2D eigenvalue weighted by Gasteiger charge is 2.14. The number of nitrogens with two attached hydrogens (primary N) is 1. The summed E-state index contributed by atoms with van der Waals surface area (Å²) in [5, 5.41) is 0. The summed E-state index contributed by atoms with van der Waals surface area (Å²) in [5.41, 5.74) is 5.62. The molecule has 0 aliphatic heterocycles. The van der Waals surface area contributed by atoms with Gasteiger partial charge in [0.1, 0.15) is 13.4 Å². The Morgan fingerprint density at radius 2 is 2.40 bits per heavy atom. The lowest BCUT2D eigenvalue weighted by Crippen LogP contribution is -2.32. The number of aromatic nitrogens is 2. The molecule has 0 amide bonds. The minimum absolute atomic E-state index is 0.375. The average Bonchev–Trinajstić information content (AvgIpc) is 2.55. The molecule has 7 heteroatoms. The number of imidazole rings is 1. The van der Waals surface area contributed by atoms with Crippen molar-refractivity contribution < 1.29 is 9.53 Å². The molecule has 0 bridgehead atoms. The van der Waals surface area contributed by atoms with Crippen molar-refractivity contribution in [3.05, 3.63) is 13.7 Å². The van der Waals surface area contributed by atoms with E-state index in [9.17, 15) is 4.79 Å². The van der Waals surface area contributed by atoms with Crippen molar-refractivity contribution in [3.8, 4) is 0 Å². The van der Waals surface area contributed by atoms with Gasteiger partial charge in [-0.2, -0.15) is 0 Å². The molecule has 0 saturated carbocycles. The van der Waals surface area contributed by atoms with Crippen LogP contribution < -0.4 is 5.73 Å². The molecule has 0 aliphatic rings. The lowest BCUT2D eigenvalue weighted by atomic mass is 10.2. The summed E-state index contributed by atoms with van der Waals surface area (Å²) in [6.45, 7) is 0.671. The number of ether oxygens (including phenoxy) is 1. The van der Waals surface area contributed by atoms with E-state index < -0.39 is 6.04 Å². The first-order valence-electron chi connectivity index (χ1n) is 4.25. The molecule has 1 aromatic heterocycles. The third-order valence-electron chi connectivity index (χ3n) is 1.92. The molecular formula is C8H11I2N3O2. The van der Waals surface area contributed by atoms with Crippen molar-refractivity contribution in [2.24, 2.45) is 5.73 Å². The van der Waals surface area contributed by atoms with E-state index in [4.69, 9.17) is 5.73 Å². The summed E-state index contributed by atoms with van der Waals surface area (Å²) in [6.07, 6.45) is 2.29. The van der Waals surface area contributed by atoms with Crippen LogP contribution in [0.2, 0.25) is 0 Å². The molecule has 0 fully saturated rings. The van der Waals surface area contributed by atoms with E-state index in [1.165, 1.54) is 7.11 Å². The zero-order chi connectivity index (χ0) is 11.4. The second-order valence-electron chi connectivity index (χ2n) is 2.94. The highest BCUT2D eigenvalue weighted by molar-refractivity contribution is 14.1. The van der Waals surface area contributed by atoms with Gasteiger partial charge in [0.25, 0.3) is 0 Å². The third-order valence-corrected chi connectivity index (χ3v) is 4.87. The van der Waals surface area contributed by atoms with Gasteiger partial charge in [-0.25, -0.2) is 4.98 Å². The fourth-order valence-electron chi connectivity index (χ4n) is 1.05. The average molecular weight is 435 g/mol. The molecular weight excluding hydrogens is 424 g/mol. The fraction of sp³-hybridized carbons (Fsp3) is 0.500. The molecule has 1 unspecified atom stereocenters. The Bertz CT molecular complexity index is 354. The standard InChI is InChI=1S/C8H11I2N3O2/c1-15-8(14)5(11)2-3-13-4-12-6(9)7(13)10/h4-5H,2-3,11H2,1H3. The van der Waals surface area contributed by atoms with Gasteiger partial charge in [-0.1, -0.05) is 0 Å². The molecule has 1 rings (SSSR count). The van der Waals surface area contributed by atoms with E-state index in [2.05, 4.69) is 54.9 Å². The summed E-state index contributed by atoms with van der Waals surface area (Å²) in [7, 11) is 1.34. The number of halogens is 2. The monoisotopic (exact) mass is 435 g/mol. The fourth-order valence-corrected chi connectivity index (χ4v) is 1.99. The first kappa shape index (κ1) is 13.2. The van der Waals surface area contributed by atoms with Crippen LogP contribution in [0.1, 0.15) is 6.42 Å². The number of methoxy groups -OCH3 is 1. The molecule has 0 radical (unpaired) electrons. The van der Waals surface area contributed by atoms with E-state index in [0.29, 0.717) is 13.0 Å². The topological polar surface area (TPSA) is 70.1 Å². The van der Waals surface area contributed by atoms with Crippen LogP contribution in [0.15, 0.2) is 6.33 Å². The van der Waals surface area contributed by atoms with Crippen LogP contribution in [0.25, 0.3) is 0 Å². The molecule has 1 aromatic rings. The van der Waals surface area contributed by atoms with Gasteiger partial charge in [0.2, 0.25) is 0 Å². The van der Waals surface area contributed by atoms with Crippen molar-refractivity contribution in [1.29, 1.82) is 0 Å². The molecule has 0 aromatic carbocycles. The molecule has 0 aliphatic carbocycles. The van der Waals surface area contributed by atoms with E-state index >= 15 is 0 Å². The van der Waals surface area contributed by atoms with Crippen molar-refractivity contribution >= 4 is 51.2 Å². The molecule has 2 N–H and O–H groups in total. The van der Waals surface area contributed by atoms with E-state index in [1.54, 1.807) is 6.33 Å². The van der Waals surface area contributed by atoms with Gasteiger partial charge in [0.05, 0.1) is 13.4 Å². The van der Waals surface area contributed by atoms with Crippen LogP contribution in [-0.2, 0) is 16.1 Å². The zero-order valence-corrected chi connectivity index (χ0v) is 12.4. The number of carbonyl (C=O) groups excluding carboxylic acids is 1. The second kappa shape index (κ2) is 5.99. The Kier molecular flexibility index (Phi) is 5.26. The van der Waals surface area contributed by atoms with E-state index in [-0.39, 0.29) is 5.97 Å². The van der Waals surface area contributed by atoms with Crippen LogP contribution >= 0.6 is 45.2 Å². The number of nitrogens with zero attached hydrogens (tertiary/aromatic N) is 2. The lowest BCUT2D eigenvalue weighted by Gasteiger charge is -2.09. The minimum Gasteiger partial charge on any atom is -0.468 e. The molecule has 84 valence electrons. The van der Waals surface area contributed by atoms with Gasteiger partial charge in [0.15, 0.2) is 0 Å². The SMILES string of the molecule is COC(=O)C(N)CCn1cnc(I)c1I. The molecule has 0 spiro atoms. The largest absolute Gasteiger partial charge is 0.468 e.